The second-order valence-electron chi connectivity index (χ2n) is 1.40. The van der Waals surface area contributed by atoms with Gasteiger partial charge in [-0.25, -0.2) is 0 Å². The molecule has 0 fully saturated rings. The predicted molar refractivity (Wildman–Crippen MR) is 32.6 cm³/mol. The Bertz CT molecular complexity index is 74.4. The van der Waals surface area contributed by atoms with Gasteiger partial charge in [0, 0.05) is 21.0 Å². The zero-order valence-corrected chi connectivity index (χ0v) is 4.76. The summed E-state index contributed by atoms with van der Waals surface area (Å²) < 4.78 is 0. The Labute approximate surface area is 91.7 Å². The van der Waals surface area contributed by atoms with E-state index < -0.39 is 0 Å². The molecule has 0 aliphatic heterocycles. The van der Waals surface area contributed by atoms with Crippen LogP contribution in [0.25, 0.3) is 0 Å². The van der Waals surface area contributed by atoms with Crippen molar-refractivity contribution in [1.82, 2.24) is 5.06 Å². The van der Waals surface area contributed by atoms with Crippen LogP contribution in [0.15, 0.2) is 0 Å². The van der Waals surface area contributed by atoms with Crippen molar-refractivity contribution in [1.29, 1.82) is 0 Å². The third kappa shape index (κ3) is 10.1. The first-order valence-electron chi connectivity index (χ1n) is 1.99. The first-order chi connectivity index (χ1) is 3.13. The molecule has 0 N–H and O–H groups in total. The van der Waals surface area contributed by atoms with Crippen LogP contribution in [0.4, 0.5) is 0 Å². The van der Waals surface area contributed by atoms with Gasteiger partial charge in [0.2, 0.25) is 0 Å². The van der Waals surface area contributed by atoms with E-state index in [1.165, 1.54) is 12.0 Å². The van der Waals surface area contributed by atoms with Gasteiger partial charge in [0.1, 0.15) is 0 Å². The van der Waals surface area contributed by atoms with Gasteiger partial charge >= 0.3 is 57.4 Å². The van der Waals surface area contributed by atoms with Crippen molar-refractivity contribution in [2.24, 2.45) is 0 Å². The second kappa shape index (κ2) is 6.19. The molecule has 0 aliphatic carbocycles. The van der Waals surface area contributed by atoms with Gasteiger partial charge in [0.05, 0.1) is 0 Å². The summed E-state index contributed by atoms with van der Waals surface area (Å²) in [5.41, 5.74) is 0. The summed E-state index contributed by atoms with van der Waals surface area (Å²) in [6.07, 6.45) is 0. The number of rotatable bonds is 1. The summed E-state index contributed by atoms with van der Waals surface area (Å²) in [4.78, 5) is 14.4. The van der Waals surface area contributed by atoms with E-state index in [2.05, 4.69) is 4.84 Å². The molecule has 0 spiro atoms. The topological polar surface area (TPSA) is 29.5 Å². The molecule has 3 nitrogen and oxygen atoms in total. The number of nitrogens with zero attached hydrogens (tertiary/aromatic N) is 1. The minimum atomic E-state index is -0.287. The number of hydrogen-bond acceptors (Lipinski definition) is 3. The fraction of sp³-hybridized carbons (Fsp3) is 0.750. The Kier molecular flexibility index (Phi) is 9.14. The van der Waals surface area contributed by atoms with Crippen LogP contribution in [-0.2, 0) is 9.63 Å². The van der Waals surface area contributed by atoms with Gasteiger partial charge in [-0.1, -0.05) is 0 Å². The predicted octanol–water partition coefficient (Wildman–Crippen LogP) is -0.622. The molecular formula is C4H10KNO2. The molecule has 0 saturated heterocycles. The van der Waals surface area contributed by atoms with E-state index in [9.17, 15) is 4.79 Å². The number of hydrogen-bond donors (Lipinski definition) is 0. The molecule has 44 valence electrons. The minimum absolute atomic E-state index is 0. The quantitative estimate of drug-likeness (QED) is 0.362. The van der Waals surface area contributed by atoms with Crippen molar-refractivity contribution < 1.29 is 9.63 Å². The maximum absolute atomic E-state index is 9.99. The zero-order chi connectivity index (χ0) is 5.86. The van der Waals surface area contributed by atoms with Gasteiger partial charge < -0.3 is 4.84 Å². The molecule has 0 atom stereocenters. The van der Waals surface area contributed by atoms with E-state index in [1.807, 2.05) is 0 Å². The standard InChI is InChI=1S/C4H9NO2.K.H/c1-4(6)7-5(2)3;;/h1-3H3;;. The molecule has 0 aromatic rings. The van der Waals surface area contributed by atoms with E-state index in [0.717, 1.165) is 0 Å². The van der Waals surface area contributed by atoms with Crippen molar-refractivity contribution in [3.8, 4) is 0 Å². The van der Waals surface area contributed by atoms with Crippen molar-refractivity contribution in [2.45, 2.75) is 6.92 Å². The van der Waals surface area contributed by atoms with Gasteiger partial charge in [0.15, 0.2) is 0 Å². The fourth-order valence-corrected chi connectivity index (χ4v) is 0.257. The van der Waals surface area contributed by atoms with Crippen LogP contribution in [0.3, 0.4) is 0 Å². The van der Waals surface area contributed by atoms with E-state index in [1.54, 1.807) is 14.1 Å². The Hall–Kier alpha value is 1.07. The summed E-state index contributed by atoms with van der Waals surface area (Å²) in [7, 11) is 3.31. The van der Waals surface area contributed by atoms with Crippen molar-refractivity contribution in [2.75, 3.05) is 14.1 Å². The molecule has 0 bridgehead atoms. The second-order valence-corrected chi connectivity index (χ2v) is 1.40. The van der Waals surface area contributed by atoms with Gasteiger partial charge in [0.25, 0.3) is 0 Å². The van der Waals surface area contributed by atoms with Crippen LogP contribution < -0.4 is 0 Å². The average molecular weight is 143 g/mol. The molecular weight excluding hydrogens is 133 g/mol. The van der Waals surface area contributed by atoms with Crippen LogP contribution in [0.2, 0.25) is 0 Å². The zero-order valence-electron chi connectivity index (χ0n) is 4.76. The third-order valence-electron chi connectivity index (χ3n) is 0.311. The van der Waals surface area contributed by atoms with Gasteiger partial charge in [-0.3, -0.25) is 4.79 Å². The number of carbonyl (C=O) groups is 1. The molecule has 0 unspecified atom stereocenters. The SMILES string of the molecule is CC(=O)ON(C)C.[KH]. The molecule has 8 heavy (non-hydrogen) atoms. The molecule has 0 amide bonds. The van der Waals surface area contributed by atoms with Gasteiger partial charge in [-0.15, -0.1) is 5.06 Å². The van der Waals surface area contributed by atoms with Crippen LogP contribution in [0, 0.1) is 0 Å². The molecule has 0 heterocycles. The Morgan fingerprint density at radius 1 is 1.50 bits per heavy atom. The average Bonchev–Trinajstić information content (AvgIpc) is 1.27. The maximum atomic E-state index is 9.99. The normalized spacial score (nSPS) is 8.00. The molecule has 0 aromatic heterocycles. The van der Waals surface area contributed by atoms with E-state index >= 15 is 0 Å². The Morgan fingerprint density at radius 3 is 1.88 bits per heavy atom. The summed E-state index contributed by atoms with van der Waals surface area (Å²) in [5, 5.41) is 1.35. The number of hydroxylamine groups is 2. The van der Waals surface area contributed by atoms with Crippen LogP contribution in [0.1, 0.15) is 6.92 Å². The summed E-state index contributed by atoms with van der Waals surface area (Å²) in [5.74, 6) is -0.287. The van der Waals surface area contributed by atoms with E-state index in [4.69, 9.17) is 0 Å². The van der Waals surface area contributed by atoms with E-state index in [-0.39, 0.29) is 57.4 Å². The molecule has 0 aliphatic rings. The summed E-state index contributed by atoms with van der Waals surface area (Å²) in [6, 6.07) is 0. The van der Waals surface area contributed by atoms with Crippen molar-refractivity contribution in [3.05, 3.63) is 0 Å². The molecule has 0 rings (SSSR count). The first-order valence-corrected chi connectivity index (χ1v) is 1.99. The van der Waals surface area contributed by atoms with Gasteiger partial charge in [-0.2, -0.15) is 0 Å². The van der Waals surface area contributed by atoms with Crippen molar-refractivity contribution >= 4 is 57.4 Å². The van der Waals surface area contributed by atoms with Crippen LogP contribution >= 0.6 is 0 Å². The molecule has 0 saturated carbocycles. The molecule has 0 aromatic carbocycles. The summed E-state index contributed by atoms with van der Waals surface area (Å²) >= 11 is 0. The van der Waals surface area contributed by atoms with Crippen LogP contribution in [0.5, 0.6) is 0 Å². The van der Waals surface area contributed by atoms with E-state index in [0.29, 0.717) is 0 Å². The van der Waals surface area contributed by atoms with Gasteiger partial charge in [-0.05, 0) is 0 Å². The molecule has 0 radical (unpaired) electrons. The van der Waals surface area contributed by atoms with Crippen molar-refractivity contribution in [3.63, 3.8) is 0 Å². The van der Waals surface area contributed by atoms with Crippen LogP contribution in [-0.4, -0.2) is 76.5 Å². The first kappa shape index (κ1) is 11.8. The Balaban J connectivity index is 0. The number of carbonyl (C=O) groups excluding carboxylic acids is 1. The Morgan fingerprint density at radius 2 is 1.88 bits per heavy atom. The summed E-state index contributed by atoms with van der Waals surface area (Å²) in [6.45, 7) is 1.36. The third-order valence-corrected chi connectivity index (χ3v) is 0.311. The monoisotopic (exact) mass is 143 g/mol. The fourth-order valence-electron chi connectivity index (χ4n) is 0.257. The molecule has 4 heteroatoms.